The number of hydrogen-bond donors (Lipinski definition) is 1. The van der Waals surface area contributed by atoms with Gasteiger partial charge >= 0.3 is 11.9 Å². The van der Waals surface area contributed by atoms with Gasteiger partial charge in [0.1, 0.15) is 0 Å². The van der Waals surface area contributed by atoms with Gasteiger partial charge in [-0.25, -0.2) is 9.59 Å². The van der Waals surface area contributed by atoms with Crippen LogP contribution in [-0.4, -0.2) is 43.0 Å². The van der Waals surface area contributed by atoms with E-state index in [1.807, 2.05) is 0 Å². The van der Waals surface area contributed by atoms with Gasteiger partial charge in [0, 0.05) is 0 Å². The second-order valence-electron chi connectivity index (χ2n) is 5.12. The van der Waals surface area contributed by atoms with Crippen LogP contribution in [0.3, 0.4) is 0 Å². The summed E-state index contributed by atoms with van der Waals surface area (Å²) < 4.78 is 10.1. The number of esters is 2. The lowest BCUT2D eigenvalue weighted by Gasteiger charge is -2.29. The Labute approximate surface area is 125 Å². The van der Waals surface area contributed by atoms with Crippen LogP contribution in [0.2, 0.25) is 0 Å². The maximum atomic E-state index is 12.3. The Kier molecular flexibility index (Phi) is 6.81. The predicted octanol–water partition coefficient (Wildman–Crippen LogP) is 1.22. The van der Waals surface area contributed by atoms with Crippen LogP contribution in [0.15, 0.2) is 0 Å². The summed E-state index contributed by atoms with van der Waals surface area (Å²) >= 11 is 0. The van der Waals surface area contributed by atoms with Gasteiger partial charge in [0.25, 0.3) is 0 Å². The van der Waals surface area contributed by atoms with E-state index in [0.717, 1.165) is 19.3 Å². The molecule has 0 amide bonds. The Bertz CT molecular complexity index is 376. The first kappa shape index (κ1) is 17.6. The van der Waals surface area contributed by atoms with Crippen LogP contribution in [0.5, 0.6) is 0 Å². The van der Waals surface area contributed by atoms with Gasteiger partial charge < -0.3 is 9.47 Å². The minimum Gasteiger partial charge on any atom is -0.464 e. The fraction of sp³-hybridized carbons (Fsp3) is 0.800. The molecule has 1 N–H and O–H groups in total. The molecular formula is C15H25NO5. The zero-order chi connectivity index (χ0) is 15.9. The molecule has 0 bridgehead atoms. The number of rotatable bonds is 8. The summed E-state index contributed by atoms with van der Waals surface area (Å²) in [6.07, 6.45) is 3.22. The molecule has 0 spiro atoms. The van der Waals surface area contributed by atoms with E-state index in [9.17, 15) is 14.4 Å². The molecule has 0 aliphatic carbocycles. The van der Waals surface area contributed by atoms with Crippen molar-refractivity contribution in [3.05, 3.63) is 0 Å². The molecular weight excluding hydrogens is 274 g/mol. The van der Waals surface area contributed by atoms with E-state index < -0.39 is 23.4 Å². The van der Waals surface area contributed by atoms with Gasteiger partial charge in [0.2, 0.25) is 5.54 Å². The number of ketones is 1. The zero-order valence-corrected chi connectivity index (χ0v) is 13.1. The number of ether oxygens (including phenoxy) is 2. The molecule has 0 radical (unpaired) electrons. The SMILES string of the molecule is CCCCC[C@H]1C(=O)CNC1(C(=O)OCC)C(=O)OCC. The Morgan fingerprint density at radius 1 is 1.14 bits per heavy atom. The topological polar surface area (TPSA) is 81.7 Å². The molecule has 6 nitrogen and oxygen atoms in total. The molecule has 120 valence electrons. The third-order valence-corrected chi connectivity index (χ3v) is 3.74. The standard InChI is InChI=1S/C15H25NO5/c1-4-7-8-9-11-12(17)10-16-15(11,13(18)20-5-2)14(19)21-6-3/h11,16H,4-10H2,1-3H3/t11-/m0/s1. The average molecular weight is 299 g/mol. The Hall–Kier alpha value is -1.43. The second-order valence-corrected chi connectivity index (χ2v) is 5.12. The van der Waals surface area contributed by atoms with Gasteiger partial charge in [0.15, 0.2) is 5.78 Å². The molecule has 1 fully saturated rings. The van der Waals surface area contributed by atoms with Crippen molar-refractivity contribution in [1.82, 2.24) is 5.32 Å². The Balaban J connectivity index is 3.04. The first-order chi connectivity index (χ1) is 10.0. The van der Waals surface area contributed by atoms with Crippen LogP contribution >= 0.6 is 0 Å². The monoisotopic (exact) mass is 299 g/mol. The third-order valence-electron chi connectivity index (χ3n) is 3.74. The van der Waals surface area contributed by atoms with Crippen LogP contribution in [0.4, 0.5) is 0 Å². The van der Waals surface area contributed by atoms with Gasteiger partial charge in [-0.2, -0.15) is 0 Å². The van der Waals surface area contributed by atoms with Crippen molar-refractivity contribution in [2.45, 2.75) is 52.0 Å². The van der Waals surface area contributed by atoms with E-state index in [1.165, 1.54) is 0 Å². The van der Waals surface area contributed by atoms with Crippen molar-refractivity contribution in [1.29, 1.82) is 0 Å². The highest BCUT2D eigenvalue weighted by atomic mass is 16.6. The molecule has 1 rings (SSSR count). The van der Waals surface area contributed by atoms with Gasteiger partial charge in [0.05, 0.1) is 25.7 Å². The molecule has 1 aliphatic heterocycles. The quantitative estimate of drug-likeness (QED) is 0.412. The maximum absolute atomic E-state index is 12.3. The summed E-state index contributed by atoms with van der Waals surface area (Å²) in [6.45, 7) is 5.68. The van der Waals surface area contributed by atoms with Gasteiger partial charge in [-0.15, -0.1) is 0 Å². The van der Waals surface area contributed by atoms with Crippen molar-refractivity contribution in [2.75, 3.05) is 19.8 Å². The molecule has 0 unspecified atom stereocenters. The summed E-state index contributed by atoms with van der Waals surface area (Å²) in [5, 5.41) is 2.77. The fourth-order valence-electron chi connectivity index (χ4n) is 2.69. The smallest absolute Gasteiger partial charge is 0.338 e. The van der Waals surface area contributed by atoms with Gasteiger partial charge in [-0.1, -0.05) is 26.2 Å². The van der Waals surface area contributed by atoms with Gasteiger partial charge in [-0.05, 0) is 20.3 Å². The van der Waals surface area contributed by atoms with Crippen LogP contribution in [-0.2, 0) is 23.9 Å². The van der Waals surface area contributed by atoms with E-state index in [0.29, 0.717) is 6.42 Å². The number of unbranched alkanes of at least 4 members (excludes halogenated alkanes) is 2. The van der Waals surface area contributed by atoms with Crippen molar-refractivity contribution >= 4 is 17.7 Å². The first-order valence-electron chi connectivity index (χ1n) is 7.66. The lowest BCUT2D eigenvalue weighted by molar-refractivity contribution is -0.169. The number of nitrogens with one attached hydrogen (secondary N) is 1. The first-order valence-corrected chi connectivity index (χ1v) is 7.66. The number of carbonyl (C=O) groups is 3. The summed E-state index contributed by atoms with van der Waals surface area (Å²) in [7, 11) is 0. The predicted molar refractivity (Wildman–Crippen MR) is 76.6 cm³/mol. The second kappa shape index (κ2) is 8.12. The number of carbonyl (C=O) groups excluding carboxylic acids is 3. The van der Waals surface area contributed by atoms with E-state index in [2.05, 4.69) is 12.2 Å². The summed E-state index contributed by atoms with van der Waals surface area (Å²) in [6, 6.07) is 0. The van der Waals surface area contributed by atoms with Crippen molar-refractivity contribution in [3.63, 3.8) is 0 Å². The largest absolute Gasteiger partial charge is 0.464 e. The normalized spacial score (nSPS) is 20.3. The lowest BCUT2D eigenvalue weighted by Crippen LogP contribution is -2.60. The van der Waals surface area contributed by atoms with E-state index in [4.69, 9.17) is 9.47 Å². The molecule has 1 atom stereocenters. The summed E-state index contributed by atoms with van der Waals surface area (Å²) in [5.41, 5.74) is -1.67. The van der Waals surface area contributed by atoms with Crippen LogP contribution < -0.4 is 5.32 Å². The molecule has 0 aromatic carbocycles. The van der Waals surface area contributed by atoms with Crippen molar-refractivity contribution in [3.8, 4) is 0 Å². The van der Waals surface area contributed by atoms with Crippen LogP contribution in [0.1, 0.15) is 46.5 Å². The average Bonchev–Trinajstić information content (AvgIpc) is 2.78. The zero-order valence-electron chi connectivity index (χ0n) is 13.1. The van der Waals surface area contributed by atoms with Crippen molar-refractivity contribution in [2.24, 2.45) is 5.92 Å². The molecule has 6 heteroatoms. The number of Topliss-reactive ketones (excluding diaryl/α,β-unsaturated/α-hetero) is 1. The molecule has 0 aromatic rings. The maximum Gasteiger partial charge on any atom is 0.338 e. The highest BCUT2D eigenvalue weighted by Crippen LogP contribution is 2.32. The summed E-state index contributed by atoms with van der Waals surface area (Å²) in [4.78, 5) is 36.8. The van der Waals surface area contributed by atoms with Gasteiger partial charge in [-0.3, -0.25) is 10.1 Å². The molecule has 0 saturated carbocycles. The van der Waals surface area contributed by atoms with E-state index in [1.54, 1.807) is 13.8 Å². The minimum absolute atomic E-state index is 0.00554. The van der Waals surface area contributed by atoms with Crippen LogP contribution in [0, 0.1) is 5.92 Å². The minimum atomic E-state index is -1.67. The third kappa shape index (κ3) is 3.61. The molecule has 21 heavy (non-hydrogen) atoms. The summed E-state index contributed by atoms with van der Waals surface area (Å²) in [5.74, 6) is -2.26. The molecule has 1 saturated heterocycles. The van der Waals surface area contributed by atoms with Crippen LogP contribution in [0.25, 0.3) is 0 Å². The van der Waals surface area contributed by atoms with Crippen molar-refractivity contribution < 1.29 is 23.9 Å². The highest BCUT2D eigenvalue weighted by Gasteiger charge is 2.60. The number of hydrogen-bond acceptors (Lipinski definition) is 6. The Morgan fingerprint density at radius 3 is 2.19 bits per heavy atom. The fourth-order valence-corrected chi connectivity index (χ4v) is 2.69. The lowest BCUT2D eigenvalue weighted by atomic mass is 9.81. The highest BCUT2D eigenvalue weighted by molar-refractivity contribution is 6.12. The Morgan fingerprint density at radius 2 is 1.71 bits per heavy atom. The van der Waals surface area contributed by atoms with E-state index in [-0.39, 0.29) is 25.5 Å². The van der Waals surface area contributed by atoms with E-state index >= 15 is 0 Å². The molecule has 1 heterocycles. The molecule has 0 aromatic heterocycles. The molecule has 1 aliphatic rings.